The number of para-hydroxylation sites is 2. The lowest BCUT2D eigenvalue weighted by atomic mass is 9.86. The maximum Gasteiger partial charge on any atom is 0.330 e. The van der Waals surface area contributed by atoms with E-state index in [0.717, 1.165) is 30.7 Å². The summed E-state index contributed by atoms with van der Waals surface area (Å²) in [6, 6.07) is 9.86. The summed E-state index contributed by atoms with van der Waals surface area (Å²) in [5, 5.41) is 14.2. The summed E-state index contributed by atoms with van der Waals surface area (Å²) in [5.41, 5.74) is 2.14. The average Bonchev–Trinajstić information content (AvgIpc) is 3.25. The SMILES string of the molecule is O=C(O)C1(n2cnc3ccccc32)CCN(Cc2ccsc2)CC1. The molecule has 124 valence electrons. The van der Waals surface area contributed by atoms with Crippen molar-refractivity contribution < 1.29 is 9.90 Å². The van der Waals surface area contributed by atoms with Crippen LogP contribution in [0.3, 0.4) is 0 Å². The number of benzene rings is 1. The van der Waals surface area contributed by atoms with Crippen molar-refractivity contribution in [1.29, 1.82) is 0 Å². The number of hydrogen-bond donors (Lipinski definition) is 1. The predicted molar refractivity (Wildman–Crippen MR) is 94.2 cm³/mol. The van der Waals surface area contributed by atoms with Crippen LogP contribution in [0, 0.1) is 0 Å². The zero-order chi connectivity index (χ0) is 16.6. The van der Waals surface area contributed by atoms with E-state index in [2.05, 4.69) is 26.7 Å². The van der Waals surface area contributed by atoms with Crippen LogP contribution in [0.2, 0.25) is 0 Å². The second-order valence-electron chi connectivity index (χ2n) is 6.35. The molecule has 1 fully saturated rings. The van der Waals surface area contributed by atoms with Gasteiger partial charge in [-0.05, 0) is 47.4 Å². The molecule has 4 rings (SSSR count). The molecule has 1 saturated heterocycles. The van der Waals surface area contributed by atoms with Crippen molar-refractivity contribution >= 4 is 28.3 Å². The number of aliphatic carboxylic acids is 1. The van der Waals surface area contributed by atoms with Crippen LogP contribution in [0.5, 0.6) is 0 Å². The molecule has 0 amide bonds. The number of imidazole rings is 1. The van der Waals surface area contributed by atoms with E-state index in [-0.39, 0.29) is 0 Å². The number of nitrogens with zero attached hydrogens (tertiary/aromatic N) is 3. The Bertz CT molecular complexity index is 848. The Hall–Kier alpha value is -2.18. The van der Waals surface area contributed by atoms with Crippen molar-refractivity contribution in [2.24, 2.45) is 0 Å². The summed E-state index contributed by atoms with van der Waals surface area (Å²) < 4.78 is 1.87. The van der Waals surface area contributed by atoms with Gasteiger partial charge in [0.05, 0.1) is 17.4 Å². The van der Waals surface area contributed by atoms with E-state index < -0.39 is 11.5 Å². The van der Waals surface area contributed by atoms with Gasteiger partial charge in [0.2, 0.25) is 0 Å². The smallest absolute Gasteiger partial charge is 0.330 e. The van der Waals surface area contributed by atoms with Crippen molar-refractivity contribution in [3.63, 3.8) is 0 Å². The first-order valence-electron chi connectivity index (χ1n) is 8.08. The Morgan fingerprint density at radius 2 is 2.04 bits per heavy atom. The molecular formula is C18H19N3O2S. The van der Waals surface area contributed by atoms with E-state index in [1.807, 2.05) is 28.8 Å². The highest BCUT2D eigenvalue weighted by Crippen LogP contribution is 2.34. The van der Waals surface area contributed by atoms with Crippen LogP contribution in [-0.4, -0.2) is 38.6 Å². The van der Waals surface area contributed by atoms with E-state index in [1.165, 1.54) is 5.56 Å². The van der Waals surface area contributed by atoms with Gasteiger partial charge in [0, 0.05) is 19.6 Å². The number of rotatable bonds is 4. The molecule has 0 radical (unpaired) electrons. The largest absolute Gasteiger partial charge is 0.479 e. The molecule has 1 aliphatic rings. The van der Waals surface area contributed by atoms with Gasteiger partial charge in [-0.3, -0.25) is 4.90 Å². The first-order chi connectivity index (χ1) is 11.7. The van der Waals surface area contributed by atoms with Crippen molar-refractivity contribution in [3.8, 4) is 0 Å². The number of aromatic nitrogens is 2. The minimum absolute atomic E-state index is 0.590. The highest BCUT2D eigenvalue weighted by molar-refractivity contribution is 7.07. The van der Waals surface area contributed by atoms with E-state index >= 15 is 0 Å². The number of thiophene rings is 1. The van der Waals surface area contributed by atoms with Crippen LogP contribution in [0.25, 0.3) is 11.0 Å². The Morgan fingerprint density at radius 3 is 2.75 bits per heavy atom. The molecule has 24 heavy (non-hydrogen) atoms. The summed E-state index contributed by atoms with van der Waals surface area (Å²) in [6.45, 7) is 2.44. The summed E-state index contributed by atoms with van der Waals surface area (Å²) >= 11 is 1.70. The maximum absolute atomic E-state index is 12.2. The zero-order valence-corrected chi connectivity index (χ0v) is 14.1. The molecule has 1 aromatic carbocycles. The minimum atomic E-state index is -0.902. The third-order valence-electron chi connectivity index (χ3n) is 4.98. The Labute approximate surface area is 144 Å². The topological polar surface area (TPSA) is 58.4 Å². The predicted octanol–water partition coefficient (Wildman–Crippen LogP) is 3.17. The molecule has 6 heteroatoms. The second kappa shape index (κ2) is 6.03. The number of fused-ring (bicyclic) bond motifs is 1. The number of piperidine rings is 1. The monoisotopic (exact) mass is 341 g/mol. The normalized spacial score (nSPS) is 18.0. The van der Waals surface area contributed by atoms with Gasteiger partial charge in [0.25, 0.3) is 0 Å². The Morgan fingerprint density at radius 1 is 1.25 bits per heavy atom. The molecular weight excluding hydrogens is 322 g/mol. The standard InChI is InChI=1S/C18H19N3O2S/c22-17(23)18(21-13-19-15-3-1-2-4-16(15)21)6-8-20(9-7-18)11-14-5-10-24-12-14/h1-5,10,12-13H,6-9,11H2,(H,22,23). The van der Waals surface area contributed by atoms with Gasteiger partial charge < -0.3 is 9.67 Å². The molecule has 3 aromatic rings. The van der Waals surface area contributed by atoms with Gasteiger partial charge in [0.15, 0.2) is 0 Å². The Balaban J connectivity index is 1.61. The van der Waals surface area contributed by atoms with Crippen LogP contribution in [-0.2, 0) is 16.9 Å². The quantitative estimate of drug-likeness (QED) is 0.792. The summed E-state index contributed by atoms with van der Waals surface area (Å²) in [4.78, 5) is 18.9. The molecule has 0 atom stereocenters. The summed E-state index contributed by atoms with van der Waals surface area (Å²) in [6.07, 6.45) is 2.87. The second-order valence-corrected chi connectivity index (χ2v) is 7.13. The van der Waals surface area contributed by atoms with E-state index in [1.54, 1.807) is 17.7 Å². The summed E-state index contributed by atoms with van der Waals surface area (Å²) in [5.74, 6) is -0.763. The number of hydrogen-bond acceptors (Lipinski definition) is 4. The van der Waals surface area contributed by atoms with E-state index in [4.69, 9.17) is 0 Å². The number of carboxylic acids is 1. The fourth-order valence-electron chi connectivity index (χ4n) is 3.58. The fraction of sp³-hybridized carbons (Fsp3) is 0.333. The highest BCUT2D eigenvalue weighted by atomic mass is 32.1. The van der Waals surface area contributed by atoms with E-state index in [9.17, 15) is 9.90 Å². The van der Waals surface area contributed by atoms with Gasteiger partial charge in [-0.1, -0.05) is 12.1 Å². The molecule has 3 heterocycles. The van der Waals surface area contributed by atoms with Crippen LogP contribution < -0.4 is 0 Å². The Kier molecular flexibility index (Phi) is 3.86. The third-order valence-corrected chi connectivity index (χ3v) is 5.71. The van der Waals surface area contributed by atoms with Crippen LogP contribution in [0.1, 0.15) is 18.4 Å². The lowest BCUT2D eigenvalue weighted by Crippen LogP contribution is -2.50. The van der Waals surface area contributed by atoms with Crippen LogP contribution in [0.4, 0.5) is 0 Å². The van der Waals surface area contributed by atoms with E-state index in [0.29, 0.717) is 12.8 Å². The summed E-state index contributed by atoms with van der Waals surface area (Å²) in [7, 11) is 0. The molecule has 0 saturated carbocycles. The molecule has 1 N–H and O–H groups in total. The molecule has 0 spiro atoms. The van der Waals surface area contributed by atoms with Crippen molar-refractivity contribution in [1.82, 2.24) is 14.5 Å². The number of likely N-dealkylation sites (tertiary alicyclic amines) is 1. The molecule has 0 bridgehead atoms. The molecule has 0 unspecified atom stereocenters. The maximum atomic E-state index is 12.2. The van der Waals surface area contributed by atoms with Crippen LogP contribution in [0.15, 0.2) is 47.4 Å². The zero-order valence-electron chi connectivity index (χ0n) is 13.3. The van der Waals surface area contributed by atoms with Crippen molar-refractivity contribution in [2.75, 3.05) is 13.1 Å². The molecule has 2 aromatic heterocycles. The molecule has 1 aliphatic heterocycles. The molecule has 5 nitrogen and oxygen atoms in total. The number of carbonyl (C=O) groups is 1. The van der Waals surface area contributed by atoms with Crippen LogP contribution >= 0.6 is 11.3 Å². The lowest BCUT2D eigenvalue weighted by molar-refractivity contribution is -0.150. The number of carboxylic acid groups (broad SMARTS) is 1. The average molecular weight is 341 g/mol. The first kappa shape index (κ1) is 15.4. The van der Waals surface area contributed by atoms with Gasteiger partial charge in [-0.15, -0.1) is 0 Å². The lowest BCUT2D eigenvalue weighted by Gasteiger charge is -2.40. The first-order valence-corrected chi connectivity index (χ1v) is 9.03. The van der Waals surface area contributed by atoms with Gasteiger partial charge in [0.1, 0.15) is 5.54 Å². The van der Waals surface area contributed by atoms with Gasteiger partial charge in [-0.2, -0.15) is 11.3 Å². The highest BCUT2D eigenvalue weighted by Gasteiger charge is 2.43. The minimum Gasteiger partial charge on any atom is -0.479 e. The van der Waals surface area contributed by atoms with Gasteiger partial charge >= 0.3 is 5.97 Å². The van der Waals surface area contributed by atoms with Gasteiger partial charge in [-0.25, -0.2) is 9.78 Å². The molecule has 0 aliphatic carbocycles. The van der Waals surface area contributed by atoms with Crippen molar-refractivity contribution in [3.05, 3.63) is 53.0 Å². The third kappa shape index (κ3) is 2.52. The fourth-order valence-corrected chi connectivity index (χ4v) is 4.24. The van der Waals surface area contributed by atoms with Crippen molar-refractivity contribution in [2.45, 2.75) is 24.9 Å².